The van der Waals surface area contributed by atoms with E-state index < -0.39 is 0 Å². The van der Waals surface area contributed by atoms with Gasteiger partial charge in [-0.05, 0) is 30.0 Å². The first-order valence-corrected chi connectivity index (χ1v) is 6.72. The van der Waals surface area contributed by atoms with Crippen LogP contribution in [0.1, 0.15) is 25.8 Å². The molecule has 0 amide bonds. The minimum absolute atomic E-state index is 0.261. The lowest BCUT2D eigenvalue weighted by molar-refractivity contribution is 0.385. The number of methoxy groups -OCH3 is 1. The Bertz CT molecular complexity index is 371. The molecule has 0 saturated carbocycles. The van der Waals surface area contributed by atoms with Gasteiger partial charge in [0, 0.05) is 18.5 Å². The van der Waals surface area contributed by atoms with E-state index in [0.717, 1.165) is 12.0 Å². The number of ether oxygens (including phenoxy) is 1. The van der Waals surface area contributed by atoms with Crippen LogP contribution in [-0.2, 0) is 6.54 Å². The fourth-order valence-corrected chi connectivity index (χ4v) is 2.09. The molecule has 0 aliphatic rings. The summed E-state index contributed by atoms with van der Waals surface area (Å²) in [7, 11) is 1.46. The second-order valence-corrected chi connectivity index (χ2v) is 5.14. The lowest BCUT2D eigenvalue weighted by Crippen LogP contribution is -2.31. The van der Waals surface area contributed by atoms with Crippen LogP contribution in [0.5, 0.6) is 5.75 Å². The highest BCUT2D eigenvalue weighted by Gasteiger charge is 2.10. The Morgan fingerprint density at radius 2 is 2.11 bits per heavy atom. The summed E-state index contributed by atoms with van der Waals surface area (Å²) in [5, 5.41) is 3.34. The van der Waals surface area contributed by atoms with Gasteiger partial charge in [-0.1, -0.05) is 19.9 Å². The molecule has 0 bridgehead atoms. The molecule has 4 heteroatoms. The van der Waals surface area contributed by atoms with Gasteiger partial charge in [-0.15, -0.1) is 11.6 Å². The van der Waals surface area contributed by atoms with Gasteiger partial charge in [-0.3, -0.25) is 0 Å². The Morgan fingerprint density at radius 1 is 1.39 bits per heavy atom. The highest BCUT2D eigenvalue weighted by Crippen LogP contribution is 2.17. The van der Waals surface area contributed by atoms with Gasteiger partial charge in [0.15, 0.2) is 11.6 Å². The average Bonchev–Trinajstić information content (AvgIpc) is 2.34. The molecule has 102 valence electrons. The Morgan fingerprint density at radius 3 is 2.61 bits per heavy atom. The average molecular weight is 274 g/mol. The highest BCUT2D eigenvalue weighted by molar-refractivity contribution is 6.18. The van der Waals surface area contributed by atoms with Crippen LogP contribution >= 0.6 is 11.6 Å². The van der Waals surface area contributed by atoms with Crippen LogP contribution in [0.2, 0.25) is 0 Å². The predicted molar refractivity (Wildman–Crippen MR) is 73.8 cm³/mol. The topological polar surface area (TPSA) is 21.3 Å². The Balaban J connectivity index is 2.54. The summed E-state index contributed by atoms with van der Waals surface area (Å²) in [6.45, 7) is 4.94. The Labute approximate surface area is 113 Å². The molecule has 1 unspecified atom stereocenters. The second kappa shape index (κ2) is 7.59. The summed E-state index contributed by atoms with van der Waals surface area (Å²) in [6, 6.07) is 5.25. The van der Waals surface area contributed by atoms with Crippen molar-refractivity contribution in [1.82, 2.24) is 5.32 Å². The van der Waals surface area contributed by atoms with E-state index in [0.29, 0.717) is 18.3 Å². The van der Waals surface area contributed by atoms with E-state index in [1.165, 1.54) is 13.2 Å². The molecule has 2 nitrogen and oxygen atoms in total. The van der Waals surface area contributed by atoms with Crippen LogP contribution in [0.15, 0.2) is 18.2 Å². The van der Waals surface area contributed by atoms with E-state index in [4.69, 9.17) is 16.3 Å². The molecular weight excluding hydrogens is 253 g/mol. The summed E-state index contributed by atoms with van der Waals surface area (Å²) < 4.78 is 18.4. The predicted octanol–water partition coefficient (Wildman–Crippen LogP) is 3.58. The summed E-state index contributed by atoms with van der Waals surface area (Å²) in [5.41, 5.74) is 0.896. The molecule has 0 spiro atoms. The summed E-state index contributed by atoms with van der Waals surface area (Å²) in [5.74, 6) is 1.10. The zero-order valence-corrected chi connectivity index (χ0v) is 11.9. The van der Waals surface area contributed by atoms with E-state index in [-0.39, 0.29) is 17.6 Å². The molecule has 1 N–H and O–H groups in total. The minimum atomic E-state index is -0.330. The summed E-state index contributed by atoms with van der Waals surface area (Å²) in [6.07, 6.45) is 1.02. The third kappa shape index (κ3) is 4.83. The SMILES string of the molecule is COc1ccc(CNC(CCl)CC(C)C)cc1F. The van der Waals surface area contributed by atoms with E-state index in [1.807, 2.05) is 6.07 Å². The van der Waals surface area contributed by atoms with Gasteiger partial charge >= 0.3 is 0 Å². The van der Waals surface area contributed by atoms with Crippen molar-refractivity contribution >= 4 is 11.6 Å². The molecule has 18 heavy (non-hydrogen) atoms. The second-order valence-electron chi connectivity index (χ2n) is 4.83. The van der Waals surface area contributed by atoms with Gasteiger partial charge in [0.1, 0.15) is 0 Å². The molecule has 0 saturated heterocycles. The molecule has 1 atom stereocenters. The van der Waals surface area contributed by atoms with E-state index in [1.54, 1.807) is 6.07 Å². The zero-order valence-electron chi connectivity index (χ0n) is 11.2. The van der Waals surface area contributed by atoms with Crippen molar-refractivity contribution in [3.63, 3.8) is 0 Å². The summed E-state index contributed by atoms with van der Waals surface area (Å²) in [4.78, 5) is 0. The van der Waals surface area contributed by atoms with Crippen LogP contribution in [0, 0.1) is 11.7 Å². The van der Waals surface area contributed by atoms with E-state index in [2.05, 4.69) is 19.2 Å². The van der Waals surface area contributed by atoms with Crippen molar-refractivity contribution < 1.29 is 9.13 Å². The van der Waals surface area contributed by atoms with Gasteiger partial charge in [0.25, 0.3) is 0 Å². The maximum absolute atomic E-state index is 13.5. The molecule has 0 fully saturated rings. The van der Waals surface area contributed by atoms with Crippen molar-refractivity contribution in [2.75, 3.05) is 13.0 Å². The molecule has 0 radical (unpaired) electrons. The molecule has 1 rings (SSSR count). The van der Waals surface area contributed by atoms with Crippen molar-refractivity contribution in [3.05, 3.63) is 29.6 Å². The van der Waals surface area contributed by atoms with Crippen molar-refractivity contribution in [2.24, 2.45) is 5.92 Å². The number of hydrogen-bond donors (Lipinski definition) is 1. The fourth-order valence-electron chi connectivity index (χ4n) is 1.85. The molecule has 0 aliphatic heterocycles. The lowest BCUT2D eigenvalue weighted by atomic mass is 10.0. The lowest BCUT2D eigenvalue weighted by Gasteiger charge is -2.18. The van der Waals surface area contributed by atoms with Crippen molar-refractivity contribution in [2.45, 2.75) is 32.9 Å². The first-order chi connectivity index (χ1) is 8.56. The number of rotatable bonds is 7. The third-order valence-corrected chi connectivity index (χ3v) is 3.13. The van der Waals surface area contributed by atoms with Gasteiger partial charge < -0.3 is 10.1 Å². The summed E-state index contributed by atoms with van der Waals surface area (Å²) >= 11 is 5.90. The van der Waals surface area contributed by atoms with Crippen LogP contribution in [0.4, 0.5) is 4.39 Å². The Kier molecular flexibility index (Phi) is 6.44. The highest BCUT2D eigenvalue weighted by atomic mass is 35.5. The Hall–Kier alpha value is -0.800. The van der Waals surface area contributed by atoms with E-state index >= 15 is 0 Å². The molecular formula is C14H21ClFNO. The maximum Gasteiger partial charge on any atom is 0.165 e. The number of hydrogen-bond acceptors (Lipinski definition) is 2. The zero-order chi connectivity index (χ0) is 13.5. The van der Waals surface area contributed by atoms with Gasteiger partial charge in [0.05, 0.1) is 7.11 Å². The number of benzene rings is 1. The quantitative estimate of drug-likeness (QED) is 0.767. The molecule has 0 heterocycles. The van der Waals surface area contributed by atoms with Crippen LogP contribution in [-0.4, -0.2) is 19.0 Å². The smallest absolute Gasteiger partial charge is 0.165 e. The molecule has 0 aromatic heterocycles. The third-order valence-electron chi connectivity index (χ3n) is 2.75. The van der Waals surface area contributed by atoms with Gasteiger partial charge in [-0.2, -0.15) is 0 Å². The van der Waals surface area contributed by atoms with Crippen molar-refractivity contribution in [3.8, 4) is 5.75 Å². The minimum Gasteiger partial charge on any atom is -0.494 e. The molecule has 1 aromatic rings. The van der Waals surface area contributed by atoms with Crippen LogP contribution in [0.25, 0.3) is 0 Å². The van der Waals surface area contributed by atoms with Crippen LogP contribution in [0.3, 0.4) is 0 Å². The van der Waals surface area contributed by atoms with Crippen molar-refractivity contribution in [1.29, 1.82) is 0 Å². The fraction of sp³-hybridized carbons (Fsp3) is 0.571. The van der Waals surface area contributed by atoms with Crippen LogP contribution < -0.4 is 10.1 Å². The number of halogens is 2. The van der Waals surface area contributed by atoms with E-state index in [9.17, 15) is 4.39 Å². The largest absolute Gasteiger partial charge is 0.494 e. The number of nitrogens with one attached hydrogen (secondary N) is 1. The normalized spacial score (nSPS) is 12.8. The first kappa shape index (κ1) is 15.3. The first-order valence-electron chi connectivity index (χ1n) is 6.18. The maximum atomic E-state index is 13.5. The van der Waals surface area contributed by atoms with Gasteiger partial charge in [0.2, 0.25) is 0 Å². The molecule has 0 aliphatic carbocycles. The van der Waals surface area contributed by atoms with Gasteiger partial charge in [-0.25, -0.2) is 4.39 Å². The monoisotopic (exact) mass is 273 g/mol. The molecule has 1 aromatic carbocycles. The number of alkyl halides is 1. The standard InChI is InChI=1S/C14H21ClFNO/c1-10(2)6-12(8-15)17-9-11-4-5-14(18-3)13(16)7-11/h4-5,7,10,12,17H,6,8-9H2,1-3H3.